The number of carbonyl (C=O) groups excluding carboxylic acids is 1. The molecule has 0 heterocycles. The van der Waals surface area contributed by atoms with Gasteiger partial charge in [0, 0.05) is 20.3 Å². The van der Waals surface area contributed by atoms with E-state index in [1.165, 1.54) is 37.8 Å². The molecule has 0 bridgehead atoms. The van der Waals surface area contributed by atoms with E-state index in [2.05, 4.69) is 6.58 Å². The molecule has 19 heavy (non-hydrogen) atoms. The first-order valence-electron chi connectivity index (χ1n) is 7.09. The molecule has 0 radical (unpaired) electrons. The van der Waals surface area contributed by atoms with E-state index >= 15 is 0 Å². The van der Waals surface area contributed by atoms with Crippen molar-refractivity contribution in [1.82, 2.24) is 0 Å². The molecule has 112 valence electrons. The fourth-order valence-electron chi connectivity index (χ4n) is 1.86. The van der Waals surface area contributed by atoms with E-state index in [1.807, 2.05) is 0 Å². The Hall–Kier alpha value is -0.653. The van der Waals surface area contributed by atoms with Crippen LogP contribution in [-0.4, -0.2) is 42.2 Å². The van der Waals surface area contributed by atoms with E-state index in [0.29, 0.717) is 6.61 Å². The second kappa shape index (κ2) is 13.8. The van der Waals surface area contributed by atoms with Crippen molar-refractivity contribution in [2.24, 2.45) is 0 Å². The monoisotopic (exact) mass is 288 g/mol. The largest absolute Gasteiger partial charge is 0.463 e. The Labute approximate surface area is 119 Å². The van der Waals surface area contributed by atoms with Gasteiger partial charge in [0.05, 0.1) is 16.1 Å². The van der Waals surface area contributed by atoms with Crippen LogP contribution in [0.15, 0.2) is 12.7 Å². The van der Waals surface area contributed by atoms with Gasteiger partial charge in [0.2, 0.25) is 0 Å². The Balaban J connectivity index is 3.14. The first-order valence-corrected chi connectivity index (χ1v) is 8.91. The lowest BCUT2D eigenvalue weighted by Crippen LogP contribution is -2.20. The highest BCUT2D eigenvalue weighted by molar-refractivity contribution is 6.36. The molecule has 0 aromatic rings. The van der Waals surface area contributed by atoms with Gasteiger partial charge in [-0.3, -0.25) is 0 Å². The van der Waals surface area contributed by atoms with Crippen LogP contribution in [0, 0.1) is 0 Å². The van der Waals surface area contributed by atoms with Crippen LogP contribution in [0.4, 0.5) is 0 Å². The quantitative estimate of drug-likeness (QED) is 0.171. The molecule has 0 rings (SSSR count). The normalized spacial score (nSPS) is 11.3. The molecule has 0 amide bonds. The van der Waals surface area contributed by atoms with Crippen molar-refractivity contribution in [2.75, 3.05) is 20.8 Å². The van der Waals surface area contributed by atoms with Gasteiger partial charge in [-0.2, -0.15) is 0 Å². The second-order valence-electron chi connectivity index (χ2n) is 4.54. The van der Waals surface area contributed by atoms with Gasteiger partial charge in [0.15, 0.2) is 0 Å². The predicted octanol–water partition coefficient (Wildman–Crippen LogP) is 2.22. The first kappa shape index (κ1) is 18.3. The molecule has 5 heteroatoms. The standard InChI is InChI=1S/C14H28O4Si/c1-4-13(15)18-11-9-7-5-6-8-10-12-19-14(16-2)17-3/h4,14H,1,5-12,19H2,2-3H3. The number of carbonyl (C=O) groups is 1. The minimum atomic E-state index is -0.323. The molecule has 0 aromatic heterocycles. The van der Waals surface area contributed by atoms with Crippen molar-refractivity contribution in [3.8, 4) is 0 Å². The average Bonchev–Trinajstić information content (AvgIpc) is 2.44. The van der Waals surface area contributed by atoms with Crippen LogP contribution < -0.4 is 0 Å². The van der Waals surface area contributed by atoms with Crippen LogP contribution in [0.2, 0.25) is 6.04 Å². The highest BCUT2D eigenvalue weighted by Gasteiger charge is 2.04. The van der Waals surface area contributed by atoms with Gasteiger partial charge in [-0.15, -0.1) is 0 Å². The van der Waals surface area contributed by atoms with E-state index in [0.717, 1.165) is 12.8 Å². The summed E-state index contributed by atoms with van der Waals surface area (Å²) in [5.74, 6) is -0.240. The van der Waals surface area contributed by atoms with Crippen molar-refractivity contribution in [1.29, 1.82) is 0 Å². The Bertz CT molecular complexity index is 229. The zero-order valence-electron chi connectivity index (χ0n) is 12.4. The van der Waals surface area contributed by atoms with Crippen LogP contribution in [-0.2, 0) is 19.0 Å². The third-order valence-corrected chi connectivity index (χ3v) is 5.07. The third kappa shape index (κ3) is 12.1. The molecule has 0 aliphatic heterocycles. The van der Waals surface area contributed by atoms with Gasteiger partial charge < -0.3 is 14.2 Å². The average molecular weight is 288 g/mol. The van der Waals surface area contributed by atoms with Crippen LogP contribution in [0.25, 0.3) is 0 Å². The summed E-state index contributed by atoms with van der Waals surface area (Å²) in [6, 6.07) is 1.28. The number of esters is 1. The Kier molecular flexibility index (Phi) is 13.3. The molecule has 0 N–H and O–H groups in total. The maximum Gasteiger partial charge on any atom is 0.330 e. The van der Waals surface area contributed by atoms with Gasteiger partial charge >= 0.3 is 5.97 Å². The molecular weight excluding hydrogens is 260 g/mol. The van der Waals surface area contributed by atoms with Crippen LogP contribution in [0.5, 0.6) is 0 Å². The maximum atomic E-state index is 10.8. The summed E-state index contributed by atoms with van der Waals surface area (Å²) in [6.45, 7) is 3.87. The molecule has 4 nitrogen and oxygen atoms in total. The highest BCUT2D eigenvalue weighted by atomic mass is 28.2. The summed E-state index contributed by atoms with van der Waals surface area (Å²) >= 11 is 0. The summed E-state index contributed by atoms with van der Waals surface area (Å²) < 4.78 is 15.3. The lowest BCUT2D eigenvalue weighted by Gasteiger charge is -2.12. The summed E-state index contributed by atoms with van der Waals surface area (Å²) in [6.07, 6.45) is 8.31. The SMILES string of the molecule is C=CC(=O)OCCCCCCCC[SiH2]C(OC)OC. The molecule has 0 fully saturated rings. The zero-order chi connectivity index (χ0) is 14.3. The van der Waals surface area contributed by atoms with Crippen molar-refractivity contribution >= 4 is 15.5 Å². The van der Waals surface area contributed by atoms with Crippen molar-refractivity contribution < 1.29 is 19.0 Å². The smallest absolute Gasteiger partial charge is 0.330 e. The summed E-state index contributed by atoms with van der Waals surface area (Å²) in [5, 5.41) is 0. The summed E-state index contributed by atoms with van der Waals surface area (Å²) in [4.78, 5) is 10.8. The molecule has 0 unspecified atom stereocenters. The minimum Gasteiger partial charge on any atom is -0.463 e. The molecule has 0 saturated carbocycles. The van der Waals surface area contributed by atoms with Gasteiger partial charge in [-0.1, -0.05) is 44.7 Å². The highest BCUT2D eigenvalue weighted by Crippen LogP contribution is 2.08. The molecule has 0 aliphatic carbocycles. The van der Waals surface area contributed by atoms with Crippen molar-refractivity contribution in [3.05, 3.63) is 12.7 Å². The van der Waals surface area contributed by atoms with E-state index < -0.39 is 0 Å². The molecular formula is C14H28O4Si. The van der Waals surface area contributed by atoms with Crippen LogP contribution in [0.1, 0.15) is 38.5 Å². The first-order chi connectivity index (χ1) is 9.24. The predicted molar refractivity (Wildman–Crippen MR) is 80.0 cm³/mol. The van der Waals surface area contributed by atoms with Crippen LogP contribution in [0.3, 0.4) is 0 Å². The third-order valence-electron chi connectivity index (χ3n) is 3.02. The van der Waals surface area contributed by atoms with E-state index in [-0.39, 0.29) is 21.4 Å². The molecule has 0 atom stereocenters. The number of unbranched alkanes of at least 4 members (excludes halogenated alkanes) is 5. The fraction of sp³-hybridized carbons (Fsp3) is 0.786. The minimum absolute atomic E-state index is 0.0829. The molecule has 0 saturated heterocycles. The summed E-state index contributed by atoms with van der Waals surface area (Å²) in [5.41, 5.74) is 0. The maximum absolute atomic E-state index is 10.8. The molecule has 0 spiro atoms. The lowest BCUT2D eigenvalue weighted by atomic mass is 10.1. The molecule has 0 aliphatic rings. The van der Waals surface area contributed by atoms with Crippen molar-refractivity contribution in [2.45, 2.75) is 50.5 Å². The van der Waals surface area contributed by atoms with E-state index in [4.69, 9.17) is 14.2 Å². The van der Waals surface area contributed by atoms with Gasteiger partial charge in [-0.05, 0) is 6.42 Å². The topological polar surface area (TPSA) is 44.8 Å². The van der Waals surface area contributed by atoms with Crippen LogP contribution >= 0.6 is 0 Å². The number of methoxy groups -OCH3 is 2. The van der Waals surface area contributed by atoms with Gasteiger partial charge in [0.25, 0.3) is 0 Å². The van der Waals surface area contributed by atoms with Gasteiger partial charge in [0.1, 0.15) is 5.91 Å². The van der Waals surface area contributed by atoms with Crippen molar-refractivity contribution in [3.63, 3.8) is 0 Å². The summed E-state index contributed by atoms with van der Waals surface area (Å²) in [7, 11) is 3.17. The number of hydrogen-bond acceptors (Lipinski definition) is 4. The second-order valence-corrected chi connectivity index (χ2v) is 6.49. The van der Waals surface area contributed by atoms with E-state index in [1.54, 1.807) is 14.2 Å². The van der Waals surface area contributed by atoms with Gasteiger partial charge in [-0.25, -0.2) is 4.79 Å². The Morgan fingerprint density at radius 3 is 2.26 bits per heavy atom. The number of hydrogen-bond donors (Lipinski definition) is 0. The lowest BCUT2D eigenvalue weighted by molar-refractivity contribution is -0.137. The van der Waals surface area contributed by atoms with E-state index in [9.17, 15) is 4.79 Å². The Morgan fingerprint density at radius 2 is 1.68 bits per heavy atom. The Morgan fingerprint density at radius 1 is 1.11 bits per heavy atom. The zero-order valence-corrected chi connectivity index (χ0v) is 13.8. The molecule has 0 aromatic carbocycles. The fourth-order valence-corrected chi connectivity index (χ4v) is 3.31. The number of rotatable bonds is 13. The number of ether oxygens (including phenoxy) is 3.